The first-order chi connectivity index (χ1) is 13.6. The molecule has 1 amide bonds. The van der Waals surface area contributed by atoms with Gasteiger partial charge in [0.25, 0.3) is 5.91 Å². The van der Waals surface area contributed by atoms with E-state index in [2.05, 4.69) is 29.6 Å². The summed E-state index contributed by atoms with van der Waals surface area (Å²) in [5.74, 6) is 2.32. The lowest BCUT2D eigenvalue weighted by atomic mass is 9.96. The largest absolute Gasteiger partial charge is 0.339 e. The van der Waals surface area contributed by atoms with Gasteiger partial charge in [0.05, 0.1) is 0 Å². The van der Waals surface area contributed by atoms with E-state index >= 15 is 0 Å². The van der Waals surface area contributed by atoms with Crippen LogP contribution in [0.4, 0.5) is 0 Å². The molecule has 5 nitrogen and oxygen atoms in total. The van der Waals surface area contributed by atoms with Gasteiger partial charge in [-0.25, -0.2) is 4.98 Å². The van der Waals surface area contributed by atoms with Crippen LogP contribution < -0.4 is 0 Å². The molecule has 0 unspecified atom stereocenters. The predicted molar refractivity (Wildman–Crippen MR) is 111 cm³/mol. The van der Waals surface area contributed by atoms with Gasteiger partial charge in [-0.3, -0.25) is 4.79 Å². The summed E-state index contributed by atoms with van der Waals surface area (Å²) in [6.45, 7) is 7.01. The van der Waals surface area contributed by atoms with Crippen molar-refractivity contribution >= 4 is 5.91 Å². The molecule has 5 heteroatoms. The number of carbonyl (C=O) groups excluding carboxylic acids is 1. The maximum Gasteiger partial charge on any atom is 0.253 e. The normalized spacial score (nSPS) is 15.3. The van der Waals surface area contributed by atoms with Crippen LogP contribution in [0, 0.1) is 5.92 Å². The monoisotopic (exact) mass is 376 g/mol. The third-order valence-electron chi connectivity index (χ3n) is 5.62. The molecule has 1 fully saturated rings. The number of benzene rings is 1. The van der Waals surface area contributed by atoms with Crippen LogP contribution in [0.5, 0.6) is 0 Å². The van der Waals surface area contributed by atoms with Crippen molar-refractivity contribution in [2.75, 3.05) is 13.1 Å². The Hall–Kier alpha value is -2.82. The van der Waals surface area contributed by atoms with Crippen molar-refractivity contribution in [2.45, 2.75) is 39.2 Å². The molecule has 0 bridgehead atoms. The lowest BCUT2D eigenvalue weighted by molar-refractivity contribution is 0.0682. The highest BCUT2D eigenvalue weighted by molar-refractivity contribution is 5.94. The molecule has 0 saturated carbocycles. The van der Waals surface area contributed by atoms with E-state index in [0.717, 1.165) is 49.6 Å². The van der Waals surface area contributed by atoms with Crippen molar-refractivity contribution in [3.05, 3.63) is 72.6 Å². The van der Waals surface area contributed by atoms with Crippen LogP contribution in [-0.4, -0.2) is 38.0 Å². The Kier molecular flexibility index (Phi) is 5.33. The maximum atomic E-state index is 13.0. The van der Waals surface area contributed by atoms with E-state index in [1.54, 1.807) is 0 Å². The van der Waals surface area contributed by atoms with Crippen LogP contribution in [0.15, 0.2) is 61.2 Å². The summed E-state index contributed by atoms with van der Waals surface area (Å²) in [5.41, 5.74) is 1.79. The van der Waals surface area contributed by atoms with E-state index in [1.807, 2.05) is 64.5 Å². The van der Waals surface area contributed by atoms with Crippen LogP contribution in [0.1, 0.15) is 48.8 Å². The van der Waals surface area contributed by atoms with E-state index in [1.165, 1.54) is 0 Å². The van der Waals surface area contributed by atoms with Gasteiger partial charge < -0.3 is 14.0 Å². The van der Waals surface area contributed by atoms with Crippen molar-refractivity contribution in [1.82, 2.24) is 19.0 Å². The number of nitrogens with zero attached hydrogens (tertiary/aromatic N) is 4. The molecule has 3 heterocycles. The number of amides is 1. The van der Waals surface area contributed by atoms with Crippen molar-refractivity contribution < 1.29 is 4.79 Å². The zero-order valence-corrected chi connectivity index (χ0v) is 16.7. The highest BCUT2D eigenvalue weighted by Crippen LogP contribution is 2.23. The molecular weight excluding hydrogens is 348 g/mol. The minimum Gasteiger partial charge on any atom is -0.339 e. The zero-order chi connectivity index (χ0) is 19.5. The highest BCUT2D eigenvalue weighted by Gasteiger charge is 2.24. The number of piperidine rings is 1. The Labute approximate surface area is 166 Å². The number of rotatable bonds is 5. The van der Waals surface area contributed by atoms with E-state index in [4.69, 9.17) is 0 Å². The second-order valence-corrected chi connectivity index (χ2v) is 7.97. The molecule has 3 aromatic rings. The van der Waals surface area contributed by atoms with Gasteiger partial charge in [0.15, 0.2) is 0 Å². The van der Waals surface area contributed by atoms with Gasteiger partial charge in [0.1, 0.15) is 5.82 Å². The van der Waals surface area contributed by atoms with Crippen molar-refractivity contribution in [3.8, 4) is 5.69 Å². The number of likely N-dealkylation sites (tertiary alicyclic amines) is 1. The molecule has 1 saturated heterocycles. The van der Waals surface area contributed by atoms with Gasteiger partial charge in [-0.15, -0.1) is 0 Å². The van der Waals surface area contributed by atoms with Gasteiger partial charge in [0.2, 0.25) is 0 Å². The standard InChI is InChI=1S/C23H28N4O/c1-18(2)22-24-10-15-27(22)17-19-8-13-26(14-9-19)23(28)20-6-5-7-21(16-20)25-11-3-4-12-25/h3-7,10-12,15-16,18-19H,8-9,13-14,17H2,1-2H3. The summed E-state index contributed by atoms with van der Waals surface area (Å²) in [4.78, 5) is 19.5. The van der Waals surface area contributed by atoms with E-state index < -0.39 is 0 Å². The molecule has 4 rings (SSSR count). The quantitative estimate of drug-likeness (QED) is 0.664. The third-order valence-corrected chi connectivity index (χ3v) is 5.62. The van der Waals surface area contributed by atoms with Gasteiger partial charge >= 0.3 is 0 Å². The van der Waals surface area contributed by atoms with E-state index in [9.17, 15) is 4.79 Å². The van der Waals surface area contributed by atoms with Crippen LogP contribution in [0.2, 0.25) is 0 Å². The average molecular weight is 377 g/mol. The molecule has 28 heavy (non-hydrogen) atoms. The summed E-state index contributed by atoms with van der Waals surface area (Å²) >= 11 is 0. The first-order valence-electron chi connectivity index (χ1n) is 10.2. The summed E-state index contributed by atoms with van der Waals surface area (Å²) in [6.07, 6.45) is 10.1. The predicted octanol–water partition coefficient (Wildman–Crippen LogP) is 4.35. The molecule has 0 N–H and O–H groups in total. The van der Waals surface area contributed by atoms with Crippen LogP contribution in [0.3, 0.4) is 0 Å². The molecule has 1 aromatic carbocycles. The Morgan fingerprint density at radius 3 is 2.57 bits per heavy atom. The van der Waals surface area contributed by atoms with Crippen LogP contribution in [-0.2, 0) is 6.54 Å². The highest BCUT2D eigenvalue weighted by atomic mass is 16.2. The fraction of sp³-hybridized carbons (Fsp3) is 0.391. The van der Waals surface area contributed by atoms with Gasteiger partial charge in [-0.2, -0.15) is 0 Å². The Bertz CT molecular complexity index is 918. The van der Waals surface area contributed by atoms with Crippen LogP contribution in [0.25, 0.3) is 5.69 Å². The minimum atomic E-state index is 0.137. The van der Waals surface area contributed by atoms with E-state index in [-0.39, 0.29) is 5.91 Å². The Morgan fingerprint density at radius 1 is 1.11 bits per heavy atom. The topological polar surface area (TPSA) is 43.1 Å². The van der Waals surface area contributed by atoms with Gasteiger partial charge in [-0.05, 0) is 49.1 Å². The van der Waals surface area contributed by atoms with Crippen molar-refractivity contribution in [3.63, 3.8) is 0 Å². The maximum absolute atomic E-state index is 13.0. The Morgan fingerprint density at radius 2 is 1.86 bits per heavy atom. The Balaban J connectivity index is 1.38. The van der Waals surface area contributed by atoms with Gasteiger partial charge in [-0.1, -0.05) is 19.9 Å². The summed E-state index contributed by atoms with van der Waals surface area (Å²) in [5, 5.41) is 0. The molecule has 0 spiro atoms. The zero-order valence-electron chi connectivity index (χ0n) is 16.7. The lowest BCUT2D eigenvalue weighted by Crippen LogP contribution is -2.39. The average Bonchev–Trinajstić information content (AvgIpc) is 3.40. The fourth-order valence-electron chi connectivity index (χ4n) is 4.06. The summed E-state index contributed by atoms with van der Waals surface area (Å²) in [7, 11) is 0. The second kappa shape index (κ2) is 8.05. The molecule has 1 aliphatic heterocycles. The smallest absolute Gasteiger partial charge is 0.253 e. The molecule has 146 valence electrons. The molecule has 2 aromatic heterocycles. The molecule has 0 atom stereocenters. The van der Waals surface area contributed by atoms with Gasteiger partial charge in [0, 0.05) is 61.6 Å². The van der Waals surface area contributed by atoms with Crippen molar-refractivity contribution in [1.29, 1.82) is 0 Å². The fourth-order valence-corrected chi connectivity index (χ4v) is 4.06. The molecular formula is C23H28N4O. The number of hydrogen-bond donors (Lipinski definition) is 0. The first kappa shape index (κ1) is 18.5. The first-order valence-corrected chi connectivity index (χ1v) is 10.2. The van der Waals surface area contributed by atoms with Crippen LogP contribution >= 0.6 is 0 Å². The summed E-state index contributed by atoms with van der Waals surface area (Å²) < 4.78 is 4.31. The number of imidazole rings is 1. The SMILES string of the molecule is CC(C)c1nccn1CC1CCN(C(=O)c2cccc(-n3cccc3)c2)CC1. The number of hydrogen-bond acceptors (Lipinski definition) is 2. The van der Waals surface area contributed by atoms with E-state index in [0.29, 0.717) is 11.8 Å². The molecule has 0 radical (unpaired) electrons. The summed E-state index contributed by atoms with van der Waals surface area (Å²) in [6, 6.07) is 11.9. The number of aromatic nitrogens is 3. The molecule has 0 aliphatic carbocycles. The molecule has 1 aliphatic rings. The van der Waals surface area contributed by atoms with Crippen molar-refractivity contribution in [2.24, 2.45) is 5.92 Å². The minimum absolute atomic E-state index is 0.137. The third kappa shape index (κ3) is 3.88. The lowest BCUT2D eigenvalue weighted by Gasteiger charge is -2.32. The number of carbonyl (C=O) groups is 1. The second-order valence-electron chi connectivity index (χ2n) is 7.97.